The van der Waals surface area contributed by atoms with Crippen LogP contribution in [0.5, 0.6) is 0 Å². The Balaban J connectivity index is 1.92. The van der Waals surface area contributed by atoms with Gasteiger partial charge in [-0.3, -0.25) is 0 Å². The van der Waals surface area contributed by atoms with E-state index in [1.165, 1.54) is 38.6 Å². The Hall–Kier alpha value is -0.340. The topological polar surface area (TPSA) is 12.0 Å². The Morgan fingerprint density at radius 2 is 2.13 bits per heavy atom. The summed E-state index contributed by atoms with van der Waals surface area (Å²) in [6.07, 6.45) is 7.05. The van der Waals surface area contributed by atoms with E-state index < -0.39 is 0 Å². The van der Waals surface area contributed by atoms with Crippen LogP contribution in [0.3, 0.4) is 0 Å². The molecule has 2 atom stereocenters. The molecule has 1 aliphatic rings. The van der Waals surface area contributed by atoms with Crippen LogP contribution < -0.4 is 5.32 Å². The first-order chi connectivity index (χ1) is 7.40. The maximum atomic E-state index is 3.35. The molecule has 2 heteroatoms. The number of nitrogens with one attached hydrogen (secondary N) is 1. The van der Waals surface area contributed by atoms with Crippen molar-refractivity contribution in [1.29, 1.82) is 0 Å². The van der Waals surface area contributed by atoms with Gasteiger partial charge in [-0.15, -0.1) is 11.3 Å². The Kier molecular flexibility index (Phi) is 4.21. The molecule has 2 unspecified atom stereocenters. The fourth-order valence-corrected chi connectivity index (χ4v) is 3.57. The van der Waals surface area contributed by atoms with Crippen molar-refractivity contribution < 1.29 is 0 Å². The molecule has 0 aromatic carbocycles. The third-order valence-corrected chi connectivity index (χ3v) is 4.48. The molecule has 0 spiro atoms. The molecule has 1 aromatic rings. The second-order valence-corrected chi connectivity index (χ2v) is 5.68. The van der Waals surface area contributed by atoms with E-state index in [0.29, 0.717) is 0 Å². The smallest absolute Gasteiger partial charge is 0.00480 e. The Morgan fingerprint density at radius 1 is 1.33 bits per heavy atom. The van der Waals surface area contributed by atoms with Crippen LogP contribution in [0.25, 0.3) is 0 Å². The molecule has 0 saturated heterocycles. The van der Waals surface area contributed by atoms with Crippen molar-refractivity contribution in [2.45, 2.75) is 32.1 Å². The van der Waals surface area contributed by atoms with Crippen LogP contribution in [-0.4, -0.2) is 13.6 Å². The van der Waals surface area contributed by atoms with Gasteiger partial charge >= 0.3 is 0 Å². The van der Waals surface area contributed by atoms with E-state index in [0.717, 1.165) is 11.8 Å². The van der Waals surface area contributed by atoms with Gasteiger partial charge < -0.3 is 5.32 Å². The van der Waals surface area contributed by atoms with Gasteiger partial charge in [0, 0.05) is 4.88 Å². The molecule has 1 nitrogen and oxygen atoms in total. The van der Waals surface area contributed by atoms with Crippen molar-refractivity contribution in [3.8, 4) is 0 Å². The normalized spacial score (nSPS) is 26.7. The highest BCUT2D eigenvalue weighted by Gasteiger charge is 2.24. The number of thiophene rings is 1. The molecule has 0 aliphatic heterocycles. The lowest BCUT2D eigenvalue weighted by molar-refractivity contribution is 0.233. The minimum atomic E-state index is 0.908. The first-order valence-corrected chi connectivity index (χ1v) is 6.95. The molecule has 0 bridgehead atoms. The van der Waals surface area contributed by atoms with Gasteiger partial charge in [-0.25, -0.2) is 0 Å². The van der Waals surface area contributed by atoms with E-state index in [1.807, 2.05) is 11.3 Å². The average Bonchev–Trinajstić information content (AvgIpc) is 2.74. The molecule has 0 radical (unpaired) electrons. The molecular weight excluding hydrogens is 202 g/mol. The summed E-state index contributed by atoms with van der Waals surface area (Å²) in [5.74, 6) is 1.83. The molecule has 1 fully saturated rings. The van der Waals surface area contributed by atoms with Crippen LogP contribution in [0.1, 0.15) is 30.6 Å². The fourth-order valence-electron chi connectivity index (χ4n) is 2.77. The van der Waals surface area contributed by atoms with Crippen molar-refractivity contribution in [2.75, 3.05) is 13.6 Å². The van der Waals surface area contributed by atoms with E-state index in [-0.39, 0.29) is 0 Å². The molecular formula is C13H21NS. The lowest BCUT2D eigenvalue weighted by Gasteiger charge is -2.31. The largest absolute Gasteiger partial charge is 0.319 e. The molecule has 1 heterocycles. The average molecular weight is 223 g/mol. The summed E-state index contributed by atoms with van der Waals surface area (Å²) in [7, 11) is 2.08. The lowest BCUT2D eigenvalue weighted by atomic mass is 9.77. The molecule has 1 aromatic heterocycles. The summed E-state index contributed by atoms with van der Waals surface area (Å²) in [6.45, 7) is 1.20. The Bertz CT molecular complexity index is 266. The maximum absolute atomic E-state index is 3.35. The highest BCUT2D eigenvalue weighted by Crippen LogP contribution is 2.32. The van der Waals surface area contributed by atoms with Crippen LogP contribution in [0.15, 0.2) is 17.5 Å². The van der Waals surface area contributed by atoms with E-state index in [9.17, 15) is 0 Å². The van der Waals surface area contributed by atoms with Gasteiger partial charge in [-0.05, 0) is 56.1 Å². The zero-order valence-corrected chi connectivity index (χ0v) is 10.4. The van der Waals surface area contributed by atoms with Crippen molar-refractivity contribution >= 4 is 11.3 Å². The Labute approximate surface area is 96.9 Å². The highest BCUT2D eigenvalue weighted by molar-refractivity contribution is 7.09. The van der Waals surface area contributed by atoms with Crippen LogP contribution >= 0.6 is 11.3 Å². The molecule has 2 rings (SSSR count). The van der Waals surface area contributed by atoms with Crippen molar-refractivity contribution in [2.24, 2.45) is 11.8 Å². The van der Waals surface area contributed by atoms with E-state index in [4.69, 9.17) is 0 Å². The summed E-state index contributed by atoms with van der Waals surface area (Å²) in [5.41, 5.74) is 0. The first-order valence-electron chi connectivity index (χ1n) is 6.07. The molecule has 15 heavy (non-hydrogen) atoms. The molecule has 84 valence electrons. The van der Waals surface area contributed by atoms with Gasteiger partial charge in [0.15, 0.2) is 0 Å². The minimum absolute atomic E-state index is 0.908. The summed E-state index contributed by atoms with van der Waals surface area (Å²) < 4.78 is 0. The zero-order chi connectivity index (χ0) is 10.5. The first kappa shape index (κ1) is 11.2. The van der Waals surface area contributed by atoms with Crippen LogP contribution in [0.4, 0.5) is 0 Å². The minimum Gasteiger partial charge on any atom is -0.319 e. The highest BCUT2D eigenvalue weighted by atomic mass is 32.1. The third kappa shape index (κ3) is 3.05. The van der Waals surface area contributed by atoms with Crippen molar-refractivity contribution in [3.05, 3.63) is 22.4 Å². The predicted octanol–water partition coefficient (Wildman–Crippen LogP) is 3.32. The molecule has 1 N–H and O–H groups in total. The fraction of sp³-hybridized carbons (Fsp3) is 0.692. The summed E-state index contributed by atoms with van der Waals surface area (Å²) >= 11 is 1.92. The van der Waals surface area contributed by atoms with Crippen LogP contribution in [0.2, 0.25) is 0 Å². The van der Waals surface area contributed by atoms with Crippen molar-refractivity contribution in [3.63, 3.8) is 0 Å². The second-order valence-electron chi connectivity index (χ2n) is 4.65. The van der Waals surface area contributed by atoms with Gasteiger partial charge in [0.05, 0.1) is 0 Å². The van der Waals surface area contributed by atoms with Gasteiger partial charge in [0.25, 0.3) is 0 Å². The molecule has 1 saturated carbocycles. The SMILES string of the molecule is CNCC1CCCCC1Cc1cccs1. The van der Waals surface area contributed by atoms with E-state index >= 15 is 0 Å². The van der Waals surface area contributed by atoms with Gasteiger partial charge in [-0.2, -0.15) is 0 Å². The standard InChI is InChI=1S/C13H21NS/c1-14-10-12-6-3-2-5-11(12)9-13-7-4-8-15-13/h4,7-8,11-12,14H,2-3,5-6,9-10H2,1H3. The molecule has 1 aliphatic carbocycles. The van der Waals surface area contributed by atoms with Crippen LogP contribution in [-0.2, 0) is 6.42 Å². The van der Waals surface area contributed by atoms with Gasteiger partial charge in [-0.1, -0.05) is 18.9 Å². The maximum Gasteiger partial charge on any atom is 0.00480 e. The van der Waals surface area contributed by atoms with Crippen LogP contribution in [0, 0.1) is 11.8 Å². The van der Waals surface area contributed by atoms with Gasteiger partial charge in [0.1, 0.15) is 0 Å². The monoisotopic (exact) mass is 223 g/mol. The molecule has 0 amide bonds. The van der Waals surface area contributed by atoms with Gasteiger partial charge in [0.2, 0.25) is 0 Å². The summed E-state index contributed by atoms with van der Waals surface area (Å²) in [5, 5.41) is 5.55. The lowest BCUT2D eigenvalue weighted by Crippen LogP contribution is -2.29. The van der Waals surface area contributed by atoms with E-state index in [2.05, 4.69) is 29.9 Å². The number of hydrogen-bond donors (Lipinski definition) is 1. The number of hydrogen-bond acceptors (Lipinski definition) is 2. The second kappa shape index (κ2) is 5.66. The summed E-state index contributed by atoms with van der Waals surface area (Å²) in [6, 6.07) is 4.46. The van der Waals surface area contributed by atoms with Crippen molar-refractivity contribution in [1.82, 2.24) is 5.32 Å². The Morgan fingerprint density at radius 3 is 2.80 bits per heavy atom. The predicted molar refractivity (Wildman–Crippen MR) is 67.4 cm³/mol. The third-order valence-electron chi connectivity index (χ3n) is 3.58. The quantitative estimate of drug-likeness (QED) is 0.825. The number of rotatable bonds is 4. The van der Waals surface area contributed by atoms with E-state index in [1.54, 1.807) is 4.88 Å². The zero-order valence-electron chi connectivity index (χ0n) is 9.54. The summed E-state index contributed by atoms with van der Waals surface area (Å²) in [4.78, 5) is 1.57.